The van der Waals surface area contributed by atoms with Gasteiger partial charge in [-0.15, -0.1) is 0 Å². The van der Waals surface area contributed by atoms with E-state index in [0.717, 1.165) is 30.9 Å². The lowest BCUT2D eigenvalue weighted by Gasteiger charge is -2.43. The van der Waals surface area contributed by atoms with Crippen molar-refractivity contribution in [2.24, 2.45) is 0 Å². The van der Waals surface area contributed by atoms with Crippen LogP contribution in [0.5, 0.6) is 0 Å². The van der Waals surface area contributed by atoms with Gasteiger partial charge in [0, 0.05) is 37.4 Å². The van der Waals surface area contributed by atoms with E-state index in [1.54, 1.807) is 0 Å². The average molecular weight is 275 g/mol. The molecule has 2 aliphatic rings. The van der Waals surface area contributed by atoms with Crippen LogP contribution >= 0.6 is 0 Å². The molecule has 2 fully saturated rings. The van der Waals surface area contributed by atoms with Gasteiger partial charge in [-0.1, -0.05) is 12.1 Å². The number of rotatable bonds is 3. The number of anilines is 1. The van der Waals surface area contributed by atoms with Crippen LogP contribution in [0.4, 0.5) is 5.69 Å². The molecule has 20 heavy (non-hydrogen) atoms. The van der Waals surface area contributed by atoms with Gasteiger partial charge < -0.3 is 10.8 Å². The molecule has 0 radical (unpaired) electrons. The predicted molar refractivity (Wildman–Crippen MR) is 81.4 cm³/mol. The Labute approximate surface area is 121 Å². The number of aliphatic hydroxyl groups excluding tert-OH is 1. The molecule has 1 aromatic rings. The lowest BCUT2D eigenvalue weighted by molar-refractivity contribution is 0.0226. The first kappa shape index (κ1) is 13.9. The Morgan fingerprint density at radius 1 is 1.30 bits per heavy atom. The fraction of sp³-hybridized carbons (Fsp3) is 0.625. The Morgan fingerprint density at radius 3 is 2.80 bits per heavy atom. The zero-order chi connectivity index (χ0) is 14.1. The van der Waals surface area contributed by atoms with E-state index in [2.05, 4.69) is 16.7 Å². The predicted octanol–water partition coefficient (Wildman–Crippen LogP) is 1.47. The summed E-state index contributed by atoms with van der Waals surface area (Å²) in [4.78, 5) is 5.05. The van der Waals surface area contributed by atoms with Crippen molar-refractivity contribution < 1.29 is 5.11 Å². The monoisotopic (exact) mass is 275 g/mol. The Hall–Kier alpha value is -1.10. The highest BCUT2D eigenvalue weighted by atomic mass is 16.3. The minimum atomic E-state index is -0.425. The molecule has 0 aromatic heterocycles. The maximum Gasteiger partial charge on any atom is 0.0917 e. The van der Waals surface area contributed by atoms with Crippen LogP contribution in [0.25, 0.3) is 0 Å². The molecule has 0 amide bonds. The summed E-state index contributed by atoms with van der Waals surface area (Å²) in [6.45, 7) is 6.47. The number of fused-ring (bicyclic) bond motifs is 1. The first-order valence-electron chi connectivity index (χ1n) is 7.65. The van der Waals surface area contributed by atoms with Gasteiger partial charge in [0.1, 0.15) is 0 Å². The maximum absolute atomic E-state index is 10.4. The number of nitrogens with zero attached hydrogens (tertiary/aromatic N) is 2. The summed E-state index contributed by atoms with van der Waals surface area (Å²) in [5, 5.41) is 10.4. The standard InChI is InChI=1S/C16H25N3O/c1-12-9-18-8-2-3-15(18)10-19(12)11-16(20)13-4-6-14(17)7-5-13/h4-7,12,15-16,20H,2-3,8-11,17H2,1H3. The second-order valence-electron chi connectivity index (χ2n) is 6.28. The molecule has 4 heteroatoms. The highest BCUT2D eigenvalue weighted by Crippen LogP contribution is 2.26. The zero-order valence-electron chi connectivity index (χ0n) is 12.2. The van der Waals surface area contributed by atoms with Gasteiger partial charge in [0.05, 0.1) is 6.10 Å². The number of aliphatic hydroxyl groups is 1. The minimum absolute atomic E-state index is 0.425. The molecule has 0 aliphatic carbocycles. The van der Waals surface area contributed by atoms with Crippen LogP contribution in [0, 0.1) is 0 Å². The van der Waals surface area contributed by atoms with E-state index in [4.69, 9.17) is 5.73 Å². The molecule has 0 spiro atoms. The van der Waals surface area contributed by atoms with Crippen molar-refractivity contribution in [3.05, 3.63) is 29.8 Å². The number of nitrogen functional groups attached to an aromatic ring is 1. The smallest absolute Gasteiger partial charge is 0.0917 e. The van der Waals surface area contributed by atoms with Crippen LogP contribution in [0.3, 0.4) is 0 Å². The van der Waals surface area contributed by atoms with Gasteiger partial charge in [0.2, 0.25) is 0 Å². The highest BCUT2D eigenvalue weighted by Gasteiger charge is 2.34. The Bertz CT molecular complexity index is 448. The van der Waals surface area contributed by atoms with E-state index >= 15 is 0 Å². The number of piperazine rings is 1. The summed E-state index contributed by atoms with van der Waals surface area (Å²) < 4.78 is 0. The number of nitrogens with two attached hydrogens (primary N) is 1. The van der Waals surface area contributed by atoms with E-state index in [0.29, 0.717) is 12.1 Å². The largest absolute Gasteiger partial charge is 0.399 e. The minimum Gasteiger partial charge on any atom is -0.399 e. The summed E-state index contributed by atoms with van der Waals surface area (Å²) >= 11 is 0. The van der Waals surface area contributed by atoms with Crippen molar-refractivity contribution in [1.82, 2.24) is 9.80 Å². The fourth-order valence-corrected chi connectivity index (χ4v) is 3.55. The van der Waals surface area contributed by atoms with E-state index in [9.17, 15) is 5.11 Å². The van der Waals surface area contributed by atoms with Crippen LogP contribution in [-0.2, 0) is 0 Å². The van der Waals surface area contributed by atoms with Gasteiger partial charge in [-0.25, -0.2) is 0 Å². The second kappa shape index (κ2) is 5.72. The summed E-state index contributed by atoms with van der Waals surface area (Å²) in [6.07, 6.45) is 2.21. The summed E-state index contributed by atoms with van der Waals surface area (Å²) in [5.74, 6) is 0. The number of β-amino-alcohol motifs (C(OH)–C–C–N with tert-alkyl or cyclic N) is 1. The maximum atomic E-state index is 10.4. The Balaban J connectivity index is 1.63. The molecule has 3 N–H and O–H groups in total. The molecule has 2 saturated heterocycles. The van der Waals surface area contributed by atoms with Gasteiger partial charge >= 0.3 is 0 Å². The summed E-state index contributed by atoms with van der Waals surface area (Å²) in [6, 6.07) is 8.79. The van der Waals surface area contributed by atoms with Crippen LogP contribution in [0.15, 0.2) is 24.3 Å². The van der Waals surface area contributed by atoms with Gasteiger partial charge in [-0.3, -0.25) is 9.80 Å². The molecule has 0 bridgehead atoms. The topological polar surface area (TPSA) is 52.7 Å². The SMILES string of the molecule is CC1CN2CCCC2CN1CC(O)c1ccc(N)cc1. The summed E-state index contributed by atoms with van der Waals surface area (Å²) in [5.41, 5.74) is 7.40. The van der Waals surface area contributed by atoms with E-state index in [-0.39, 0.29) is 0 Å². The Kier molecular flexibility index (Phi) is 3.96. The number of hydrogen-bond acceptors (Lipinski definition) is 4. The second-order valence-corrected chi connectivity index (χ2v) is 6.28. The third-order valence-corrected chi connectivity index (χ3v) is 4.80. The van der Waals surface area contributed by atoms with Crippen LogP contribution < -0.4 is 5.73 Å². The molecular formula is C16H25N3O. The van der Waals surface area contributed by atoms with Crippen molar-refractivity contribution in [1.29, 1.82) is 0 Å². The van der Waals surface area contributed by atoms with Crippen LogP contribution in [-0.4, -0.2) is 53.2 Å². The molecule has 2 heterocycles. The third-order valence-electron chi connectivity index (χ3n) is 4.80. The van der Waals surface area contributed by atoms with Crippen molar-refractivity contribution in [2.45, 2.75) is 38.0 Å². The fourth-order valence-electron chi connectivity index (χ4n) is 3.55. The van der Waals surface area contributed by atoms with E-state index in [1.165, 1.54) is 19.4 Å². The lowest BCUT2D eigenvalue weighted by Crippen LogP contribution is -2.55. The lowest BCUT2D eigenvalue weighted by atomic mass is 10.0. The normalized spacial score (nSPS) is 29.3. The molecule has 4 nitrogen and oxygen atoms in total. The van der Waals surface area contributed by atoms with Gasteiger partial charge in [0.15, 0.2) is 0 Å². The molecule has 0 saturated carbocycles. The van der Waals surface area contributed by atoms with E-state index < -0.39 is 6.10 Å². The first-order valence-corrected chi connectivity index (χ1v) is 7.65. The zero-order valence-corrected chi connectivity index (χ0v) is 12.2. The molecule has 3 rings (SSSR count). The van der Waals surface area contributed by atoms with Crippen molar-refractivity contribution >= 4 is 5.69 Å². The molecule has 1 aromatic carbocycles. The average Bonchev–Trinajstić information content (AvgIpc) is 2.87. The quantitative estimate of drug-likeness (QED) is 0.820. The number of hydrogen-bond donors (Lipinski definition) is 2. The highest BCUT2D eigenvalue weighted by molar-refractivity contribution is 5.39. The van der Waals surface area contributed by atoms with Gasteiger partial charge in [0.25, 0.3) is 0 Å². The van der Waals surface area contributed by atoms with E-state index in [1.807, 2.05) is 24.3 Å². The van der Waals surface area contributed by atoms with Crippen molar-refractivity contribution in [3.8, 4) is 0 Å². The van der Waals surface area contributed by atoms with Crippen molar-refractivity contribution in [2.75, 3.05) is 31.9 Å². The van der Waals surface area contributed by atoms with Gasteiger partial charge in [-0.05, 0) is 44.0 Å². The van der Waals surface area contributed by atoms with Gasteiger partial charge in [-0.2, -0.15) is 0 Å². The summed E-state index contributed by atoms with van der Waals surface area (Å²) in [7, 11) is 0. The molecule has 110 valence electrons. The van der Waals surface area contributed by atoms with Crippen LogP contribution in [0.2, 0.25) is 0 Å². The third kappa shape index (κ3) is 2.82. The number of benzene rings is 1. The molecule has 3 unspecified atom stereocenters. The Morgan fingerprint density at radius 2 is 2.05 bits per heavy atom. The molecule has 2 aliphatic heterocycles. The first-order chi connectivity index (χ1) is 9.63. The molecular weight excluding hydrogens is 250 g/mol. The molecule has 3 atom stereocenters. The van der Waals surface area contributed by atoms with Crippen LogP contribution in [0.1, 0.15) is 31.4 Å². The van der Waals surface area contributed by atoms with Crippen molar-refractivity contribution in [3.63, 3.8) is 0 Å².